The van der Waals surface area contributed by atoms with E-state index in [1.165, 1.54) is 6.33 Å². The lowest BCUT2D eigenvalue weighted by Gasteiger charge is -2.13. The van der Waals surface area contributed by atoms with Gasteiger partial charge in [-0.25, -0.2) is 9.97 Å². The predicted molar refractivity (Wildman–Crippen MR) is 96.2 cm³/mol. The molecule has 0 saturated carbocycles. The van der Waals surface area contributed by atoms with Crippen LogP contribution in [0.1, 0.15) is 5.76 Å². The minimum atomic E-state index is -0.378. The van der Waals surface area contributed by atoms with Gasteiger partial charge in [-0.2, -0.15) is 0 Å². The maximum Gasteiger partial charge on any atom is 0.276 e. The van der Waals surface area contributed by atoms with Crippen molar-refractivity contribution < 1.29 is 13.9 Å². The smallest absolute Gasteiger partial charge is 0.276 e. The lowest BCUT2D eigenvalue weighted by atomic mass is 10.3. The molecule has 0 atom stereocenters. The van der Waals surface area contributed by atoms with Crippen molar-refractivity contribution in [2.45, 2.75) is 6.54 Å². The number of aromatic nitrogens is 2. The first-order chi connectivity index (χ1) is 12.7. The van der Waals surface area contributed by atoms with Gasteiger partial charge in [-0.05, 0) is 24.3 Å². The number of nitrogen functional groups attached to an aromatic ring is 1. The van der Waals surface area contributed by atoms with Crippen molar-refractivity contribution in [3.63, 3.8) is 0 Å². The highest BCUT2D eigenvalue weighted by molar-refractivity contribution is 5.81. The Morgan fingerprint density at radius 3 is 2.69 bits per heavy atom. The van der Waals surface area contributed by atoms with Gasteiger partial charge in [0.1, 0.15) is 23.5 Å². The molecule has 26 heavy (non-hydrogen) atoms. The minimum absolute atomic E-state index is 0.147. The van der Waals surface area contributed by atoms with Gasteiger partial charge >= 0.3 is 0 Å². The molecule has 9 nitrogen and oxygen atoms in total. The van der Waals surface area contributed by atoms with E-state index >= 15 is 0 Å². The standard InChI is InChI=1S/C17H18N6O3/c18-15-16(19-9-13-7-4-8-25-13)20-11-21-17(15)23-22-14(24)10-26-12-5-2-1-3-6-12/h1-8,11H,9-10,18H2,(H,22,24)(H2,19,20,21,23). The molecule has 0 saturated heterocycles. The van der Waals surface area contributed by atoms with Crippen LogP contribution in [0.3, 0.4) is 0 Å². The molecule has 2 heterocycles. The SMILES string of the molecule is Nc1c(NCc2ccco2)ncnc1NNC(=O)COc1ccccc1. The maximum atomic E-state index is 11.9. The summed E-state index contributed by atoms with van der Waals surface area (Å²) in [6, 6.07) is 12.7. The number of nitrogens with zero attached hydrogens (tertiary/aromatic N) is 2. The molecule has 1 amide bonds. The van der Waals surface area contributed by atoms with Crippen molar-refractivity contribution in [2.24, 2.45) is 0 Å². The van der Waals surface area contributed by atoms with E-state index < -0.39 is 0 Å². The first-order valence-electron chi connectivity index (χ1n) is 7.82. The summed E-state index contributed by atoms with van der Waals surface area (Å²) in [4.78, 5) is 19.9. The number of anilines is 3. The molecular weight excluding hydrogens is 336 g/mol. The second-order valence-electron chi connectivity index (χ2n) is 5.19. The molecule has 0 radical (unpaired) electrons. The Bertz CT molecular complexity index is 839. The van der Waals surface area contributed by atoms with Crippen LogP contribution in [-0.4, -0.2) is 22.5 Å². The molecular formula is C17H18N6O3. The van der Waals surface area contributed by atoms with E-state index in [2.05, 4.69) is 26.1 Å². The summed E-state index contributed by atoms with van der Waals surface area (Å²) in [7, 11) is 0. The van der Waals surface area contributed by atoms with Gasteiger partial charge in [-0.1, -0.05) is 18.2 Å². The molecule has 3 aromatic rings. The normalized spacial score (nSPS) is 10.2. The van der Waals surface area contributed by atoms with Crippen LogP contribution in [0.4, 0.5) is 17.3 Å². The average Bonchev–Trinajstić information content (AvgIpc) is 3.19. The van der Waals surface area contributed by atoms with E-state index in [1.54, 1.807) is 24.5 Å². The van der Waals surface area contributed by atoms with E-state index in [4.69, 9.17) is 14.9 Å². The quantitative estimate of drug-likeness (QED) is 0.451. The number of hydrogen-bond donors (Lipinski definition) is 4. The van der Waals surface area contributed by atoms with Crippen LogP contribution in [-0.2, 0) is 11.3 Å². The number of carbonyl (C=O) groups excluding carboxylic acids is 1. The molecule has 134 valence electrons. The number of hydrogen-bond acceptors (Lipinski definition) is 8. The number of benzene rings is 1. The van der Waals surface area contributed by atoms with Crippen LogP contribution in [0.2, 0.25) is 0 Å². The van der Waals surface area contributed by atoms with Crippen LogP contribution < -0.4 is 26.6 Å². The molecule has 0 aliphatic heterocycles. The first-order valence-corrected chi connectivity index (χ1v) is 7.82. The Morgan fingerprint density at radius 1 is 1.12 bits per heavy atom. The van der Waals surface area contributed by atoms with Crippen LogP contribution in [0.5, 0.6) is 5.75 Å². The number of carbonyl (C=O) groups is 1. The Morgan fingerprint density at radius 2 is 1.92 bits per heavy atom. The van der Waals surface area contributed by atoms with E-state index in [-0.39, 0.29) is 24.0 Å². The summed E-state index contributed by atoms with van der Waals surface area (Å²) >= 11 is 0. The van der Waals surface area contributed by atoms with Crippen LogP contribution in [0, 0.1) is 0 Å². The Labute approximate surface area is 149 Å². The zero-order chi connectivity index (χ0) is 18.2. The van der Waals surface area contributed by atoms with Gasteiger partial charge in [0, 0.05) is 0 Å². The largest absolute Gasteiger partial charge is 0.484 e. The van der Waals surface area contributed by atoms with Crippen LogP contribution >= 0.6 is 0 Å². The molecule has 0 spiro atoms. The number of nitrogens with two attached hydrogens (primary N) is 1. The third-order valence-corrected chi connectivity index (χ3v) is 3.33. The summed E-state index contributed by atoms with van der Waals surface area (Å²) in [5.74, 6) is 1.66. The third-order valence-electron chi connectivity index (χ3n) is 3.33. The summed E-state index contributed by atoms with van der Waals surface area (Å²) < 4.78 is 10.6. The van der Waals surface area contributed by atoms with Gasteiger partial charge in [-0.3, -0.25) is 15.6 Å². The molecule has 0 unspecified atom stereocenters. The fourth-order valence-electron chi connectivity index (χ4n) is 2.05. The molecule has 1 aromatic carbocycles. The lowest BCUT2D eigenvalue weighted by Crippen LogP contribution is -2.34. The van der Waals surface area contributed by atoms with E-state index in [9.17, 15) is 4.79 Å². The monoisotopic (exact) mass is 354 g/mol. The number of hydrazine groups is 1. The number of rotatable bonds is 8. The number of ether oxygens (including phenoxy) is 1. The van der Waals surface area contributed by atoms with Gasteiger partial charge in [0.15, 0.2) is 18.2 Å². The predicted octanol–water partition coefficient (Wildman–Crippen LogP) is 1.79. The van der Waals surface area contributed by atoms with E-state index in [1.807, 2.05) is 24.3 Å². The summed E-state index contributed by atoms with van der Waals surface area (Å²) in [5.41, 5.74) is 11.4. The fourth-order valence-corrected chi connectivity index (χ4v) is 2.05. The molecule has 3 rings (SSSR count). The molecule has 5 N–H and O–H groups in total. The van der Waals surface area contributed by atoms with E-state index in [0.29, 0.717) is 18.1 Å². The number of furan rings is 1. The maximum absolute atomic E-state index is 11.9. The highest BCUT2D eigenvalue weighted by Gasteiger charge is 2.10. The number of para-hydroxylation sites is 1. The lowest BCUT2D eigenvalue weighted by molar-refractivity contribution is -0.122. The van der Waals surface area contributed by atoms with Crippen molar-refractivity contribution in [3.8, 4) is 5.75 Å². The van der Waals surface area contributed by atoms with Crippen molar-refractivity contribution in [1.29, 1.82) is 0 Å². The van der Waals surface area contributed by atoms with Crippen molar-refractivity contribution in [1.82, 2.24) is 15.4 Å². The Hall–Kier alpha value is -3.75. The first kappa shape index (κ1) is 17.1. The summed E-state index contributed by atoms with van der Waals surface area (Å²) in [6.07, 6.45) is 2.91. The molecule has 0 bridgehead atoms. The van der Waals surface area contributed by atoms with E-state index in [0.717, 1.165) is 5.76 Å². The number of amides is 1. The van der Waals surface area contributed by atoms with Gasteiger partial charge in [0.2, 0.25) is 0 Å². The fraction of sp³-hybridized carbons (Fsp3) is 0.118. The van der Waals surface area contributed by atoms with Crippen molar-refractivity contribution in [2.75, 3.05) is 23.1 Å². The van der Waals surface area contributed by atoms with Crippen LogP contribution in [0.15, 0.2) is 59.5 Å². The zero-order valence-corrected chi connectivity index (χ0v) is 13.8. The highest BCUT2D eigenvalue weighted by Crippen LogP contribution is 2.22. The summed E-state index contributed by atoms with van der Waals surface area (Å²) in [5, 5.41) is 3.04. The zero-order valence-electron chi connectivity index (χ0n) is 13.8. The second kappa shape index (κ2) is 8.38. The van der Waals surface area contributed by atoms with Gasteiger partial charge < -0.3 is 20.2 Å². The minimum Gasteiger partial charge on any atom is -0.484 e. The Balaban J connectivity index is 1.51. The average molecular weight is 354 g/mol. The Kier molecular flexibility index (Phi) is 5.51. The van der Waals surface area contributed by atoms with Gasteiger partial charge in [-0.15, -0.1) is 0 Å². The van der Waals surface area contributed by atoms with Gasteiger partial charge in [0.25, 0.3) is 5.91 Å². The molecule has 9 heteroatoms. The summed E-state index contributed by atoms with van der Waals surface area (Å²) in [6.45, 7) is 0.274. The third kappa shape index (κ3) is 4.63. The topological polar surface area (TPSA) is 127 Å². The van der Waals surface area contributed by atoms with Gasteiger partial charge in [0.05, 0.1) is 12.8 Å². The molecule has 0 aliphatic rings. The molecule has 2 aromatic heterocycles. The second-order valence-corrected chi connectivity index (χ2v) is 5.19. The van der Waals surface area contributed by atoms with Crippen molar-refractivity contribution >= 4 is 23.2 Å². The molecule has 0 fully saturated rings. The van der Waals surface area contributed by atoms with Crippen molar-refractivity contribution in [3.05, 3.63) is 60.8 Å². The highest BCUT2D eigenvalue weighted by atomic mass is 16.5. The molecule has 0 aliphatic carbocycles. The number of nitrogens with one attached hydrogen (secondary N) is 3. The van der Waals surface area contributed by atoms with Crippen LogP contribution in [0.25, 0.3) is 0 Å².